The van der Waals surface area contributed by atoms with E-state index in [9.17, 15) is 19.2 Å². The number of rotatable bonds is 10. The first-order valence-corrected chi connectivity index (χ1v) is 10.4. The zero-order valence-corrected chi connectivity index (χ0v) is 18.3. The number of hydrogen-bond acceptors (Lipinski definition) is 6. The van der Waals surface area contributed by atoms with Gasteiger partial charge in [-0.05, 0) is 33.1 Å². The minimum atomic E-state index is -0.819. The number of nitrogens with zero attached hydrogens (tertiary/aromatic N) is 1. The quantitative estimate of drug-likeness (QED) is 0.398. The maximum atomic E-state index is 12.5. The second-order valence-electron chi connectivity index (χ2n) is 8.79. The van der Waals surface area contributed by atoms with Crippen LogP contribution in [0, 0.1) is 5.41 Å². The third kappa shape index (κ3) is 6.91. The lowest BCUT2D eigenvalue weighted by atomic mass is 9.85. The Morgan fingerprint density at radius 2 is 1.70 bits per heavy atom. The molecule has 0 aromatic carbocycles. The van der Waals surface area contributed by atoms with E-state index in [1.807, 2.05) is 13.8 Å². The van der Waals surface area contributed by atoms with E-state index in [1.54, 1.807) is 13.8 Å². The molecule has 0 radical (unpaired) electrons. The lowest BCUT2D eigenvalue weighted by Gasteiger charge is -2.44. The average molecular weight is 424 g/mol. The van der Waals surface area contributed by atoms with Crippen molar-refractivity contribution in [3.63, 3.8) is 0 Å². The van der Waals surface area contributed by atoms with E-state index >= 15 is 0 Å². The van der Waals surface area contributed by atoms with E-state index in [-0.39, 0.29) is 36.6 Å². The van der Waals surface area contributed by atoms with Gasteiger partial charge >= 0.3 is 0 Å². The van der Waals surface area contributed by atoms with Crippen LogP contribution in [-0.4, -0.2) is 66.7 Å². The average Bonchev–Trinajstić information content (AvgIpc) is 2.98. The first-order valence-electron chi connectivity index (χ1n) is 10.4. The Balaban J connectivity index is 1.56. The summed E-state index contributed by atoms with van der Waals surface area (Å²) in [5.74, 6) is -1.75. The lowest BCUT2D eigenvalue weighted by Crippen LogP contribution is -2.56. The minimum Gasteiger partial charge on any atom is -0.356 e. The second-order valence-corrected chi connectivity index (χ2v) is 8.79. The molecule has 0 aliphatic carbocycles. The molecule has 1 atom stereocenters. The van der Waals surface area contributed by atoms with Gasteiger partial charge in [0.1, 0.15) is 6.10 Å². The second kappa shape index (κ2) is 10.2. The van der Waals surface area contributed by atoms with Crippen LogP contribution in [0.2, 0.25) is 0 Å². The van der Waals surface area contributed by atoms with Crippen molar-refractivity contribution < 1.29 is 28.7 Å². The molecule has 2 N–H and O–H groups in total. The molecule has 2 aliphatic heterocycles. The van der Waals surface area contributed by atoms with Crippen LogP contribution in [-0.2, 0) is 28.7 Å². The molecule has 9 heteroatoms. The monoisotopic (exact) mass is 423 g/mol. The molecule has 168 valence electrons. The normalized spacial score (nSPS) is 22.3. The maximum absolute atomic E-state index is 12.5. The van der Waals surface area contributed by atoms with Gasteiger partial charge in [-0.2, -0.15) is 0 Å². The van der Waals surface area contributed by atoms with Gasteiger partial charge in [0.2, 0.25) is 11.8 Å². The Hall–Kier alpha value is -2.26. The number of hydrogen-bond donors (Lipinski definition) is 2. The van der Waals surface area contributed by atoms with E-state index in [4.69, 9.17) is 9.47 Å². The number of ether oxygens (including phenoxy) is 2. The molecule has 1 saturated heterocycles. The number of carbonyl (C=O) groups is 4. The van der Waals surface area contributed by atoms with Gasteiger partial charge in [-0.3, -0.25) is 24.1 Å². The van der Waals surface area contributed by atoms with Crippen molar-refractivity contribution in [2.24, 2.45) is 5.41 Å². The van der Waals surface area contributed by atoms with Crippen molar-refractivity contribution in [1.29, 1.82) is 0 Å². The summed E-state index contributed by atoms with van der Waals surface area (Å²) in [7, 11) is 0. The zero-order chi connectivity index (χ0) is 22.4. The Kier molecular flexibility index (Phi) is 8.14. The first-order chi connectivity index (χ1) is 14.0. The van der Waals surface area contributed by atoms with Crippen LogP contribution < -0.4 is 10.6 Å². The van der Waals surface area contributed by atoms with Gasteiger partial charge in [-0.25, -0.2) is 0 Å². The van der Waals surface area contributed by atoms with Gasteiger partial charge < -0.3 is 20.1 Å². The molecule has 0 aromatic rings. The van der Waals surface area contributed by atoms with E-state index < -0.39 is 17.3 Å². The van der Waals surface area contributed by atoms with Crippen LogP contribution in [0.5, 0.6) is 0 Å². The fourth-order valence-corrected chi connectivity index (χ4v) is 3.25. The first kappa shape index (κ1) is 24.0. The number of nitrogens with one attached hydrogen (secondary N) is 2. The van der Waals surface area contributed by atoms with Crippen LogP contribution >= 0.6 is 0 Å². The van der Waals surface area contributed by atoms with Gasteiger partial charge in [0.05, 0.1) is 6.61 Å². The highest BCUT2D eigenvalue weighted by atomic mass is 16.7. The van der Waals surface area contributed by atoms with Crippen LogP contribution in [0.4, 0.5) is 0 Å². The van der Waals surface area contributed by atoms with E-state index in [0.717, 1.165) is 12.8 Å². The predicted octanol–water partition coefficient (Wildman–Crippen LogP) is 0.882. The van der Waals surface area contributed by atoms with Gasteiger partial charge in [0, 0.05) is 43.6 Å². The van der Waals surface area contributed by atoms with Gasteiger partial charge in [0.15, 0.2) is 5.79 Å². The van der Waals surface area contributed by atoms with Crippen LogP contribution in [0.25, 0.3) is 0 Å². The zero-order valence-electron chi connectivity index (χ0n) is 18.3. The lowest BCUT2D eigenvalue weighted by molar-refractivity contribution is -0.304. The summed E-state index contributed by atoms with van der Waals surface area (Å²) >= 11 is 0. The standard InChI is InChI=1S/C21H33N3O6/c1-20(2)14-29-21(3,4)30-18(20)19(28)23-12-10-15(25)22-11-6-5-7-13-24-16(26)8-9-17(24)27/h8-9,18H,5-7,10-14H2,1-4H3,(H,22,25)(H,23,28). The predicted molar refractivity (Wildman–Crippen MR) is 109 cm³/mol. The van der Waals surface area contributed by atoms with Crippen molar-refractivity contribution in [3.05, 3.63) is 12.2 Å². The largest absolute Gasteiger partial charge is 0.356 e. The maximum Gasteiger partial charge on any atom is 0.253 e. The molecule has 0 saturated carbocycles. The Morgan fingerprint density at radius 1 is 1.03 bits per heavy atom. The molecule has 9 nitrogen and oxygen atoms in total. The number of imide groups is 1. The number of carbonyl (C=O) groups excluding carboxylic acids is 4. The summed E-state index contributed by atoms with van der Waals surface area (Å²) in [5, 5.41) is 5.58. The summed E-state index contributed by atoms with van der Waals surface area (Å²) in [4.78, 5) is 48.5. The Morgan fingerprint density at radius 3 is 2.37 bits per heavy atom. The van der Waals surface area contributed by atoms with Crippen LogP contribution in [0.15, 0.2) is 12.2 Å². The number of unbranched alkanes of at least 4 members (excludes halogenated alkanes) is 2. The SMILES string of the molecule is CC1(C)OCC(C)(C)C(C(=O)NCCC(=O)NCCCCCN2C(=O)C=CC2=O)O1. The third-order valence-electron chi connectivity index (χ3n) is 5.07. The highest BCUT2D eigenvalue weighted by Crippen LogP contribution is 2.34. The highest BCUT2D eigenvalue weighted by Gasteiger charge is 2.45. The molecular formula is C21H33N3O6. The molecule has 1 unspecified atom stereocenters. The smallest absolute Gasteiger partial charge is 0.253 e. The van der Waals surface area contributed by atoms with E-state index in [0.29, 0.717) is 26.1 Å². The van der Waals surface area contributed by atoms with E-state index in [2.05, 4.69) is 10.6 Å². The molecule has 0 bridgehead atoms. The van der Waals surface area contributed by atoms with Crippen molar-refractivity contribution in [2.75, 3.05) is 26.2 Å². The molecule has 2 aliphatic rings. The van der Waals surface area contributed by atoms with Crippen molar-refractivity contribution in [2.45, 2.75) is 65.3 Å². The summed E-state index contributed by atoms with van der Waals surface area (Å²) in [6.07, 6.45) is 4.33. The van der Waals surface area contributed by atoms with Crippen LogP contribution in [0.1, 0.15) is 53.4 Å². The molecular weight excluding hydrogens is 390 g/mol. The number of amides is 4. The van der Waals surface area contributed by atoms with Gasteiger partial charge in [-0.1, -0.05) is 13.8 Å². The third-order valence-corrected chi connectivity index (χ3v) is 5.07. The molecule has 1 fully saturated rings. The van der Waals surface area contributed by atoms with Crippen molar-refractivity contribution in [1.82, 2.24) is 15.5 Å². The fourth-order valence-electron chi connectivity index (χ4n) is 3.25. The summed E-state index contributed by atoms with van der Waals surface area (Å²) in [6, 6.07) is 0. The molecule has 0 aromatic heterocycles. The topological polar surface area (TPSA) is 114 Å². The highest BCUT2D eigenvalue weighted by molar-refractivity contribution is 6.12. The summed E-state index contributed by atoms with van der Waals surface area (Å²) in [6.45, 7) is 8.91. The molecule has 30 heavy (non-hydrogen) atoms. The van der Waals surface area contributed by atoms with Crippen molar-refractivity contribution in [3.8, 4) is 0 Å². The van der Waals surface area contributed by atoms with Gasteiger partial charge in [-0.15, -0.1) is 0 Å². The minimum absolute atomic E-state index is 0.142. The Bertz CT molecular complexity index is 683. The van der Waals surface area contributed by atoms with E-state index in [1.165, 1.54) is 17.1 Å². The molecule has 2 rings (SSSR count). The fraction of sp³-hybridized carbons (Fsp3) is 0.714. The molecule has 2 heterocycles. The summed E-state index contributed by atoms with van der Waals surface area (Å²) < 4.78 is 11.4. The molecule has 0 spiro atoms. The Labute approximate surface area is 177 Å². The van der Waals surface area contributed by atoms with Crippen LogP contribution in [0.3, 0.4) is 0 Å². The van der Waals surface area contributed by atoms with Gasteiger partial charge in [0.25, 0.3) is 11.8 Å². The summed E-state index contributed by atoms with van der Waals surface area (Å²) in [5.41, 5.74) is -0.456. The van der Waals surface area contributed by atoms with Crippen molar-refractivity contribution >= 4 is 23.6 Å². The molecule has 4 amide bonds.